The van der Waals surface area contributed by atoms with Crippen LogP contribution in [-0.4, -0.2) is 21.0 Å². The maximum atomic E-state index is 14.4. The summed E-state index contributed by atoms with van der Waals surface area (Å²) >= 11 is 5.73. The van der Waals surface area contributed by atoms with Crippen LogP contribution in [0.25, 0.3) is 0 Å². The Morgan fingerprint density at radius 1 is 1.39 bits per heavy atom. The van der Waals surface area contributed by atoms with Gasteiger partial charge in [0.1, 0.15) is 5.15 Å². The van der Waals surface area contributed by atoms with E-state index in [4.69, 9.17) is 11.6 Å². The lowest BCUT2D eigenvalue weighted by atomic mass is 9.99. The molecule has 1 atom stereocenters. The van der Waals surface area contributed by atoms with Gasteiger partial charge in [-0.05, 0) is 18.6 Å². The first kappa shape index (κ1) is 15.8. The second-order valence-corrected chi connectivity index (χ2v) is 5.60. The molecule has 0 aliphatic carbocycles. The zero-order valence-corrected chi connectivity index (χ0v) is 12.8. The lowest BCUT2D eigenvalue weighted by molar-refractivity contribution is -0.141. The van der Waals surface area contributed by atoms with Crippen LogP contribution in [0.4, 0.5) is 14.5 Å². The van der Waals surface area contributed by atoms with Gasteiger partial charge in [0, 0.05) is 0 Å². The number of amides is 1. The highest BCUT2D eigenvalue weighted by molar-refractivity contribution is 6.29. The fourth-order valence-corrected chi connectivity index (χ4v) is 2.80. The van der Waals surface area contributed by atoms with Crippen LogP contribution in [0, 0.1) is 0 Å². The Morgan fingerprint density at radius 2 is 2.13 bits per heavy atom. The Balaban J connectivity index is 2.08. The van der Waals surface area contributed by atoms with Gasteiger partial charge in [-0.1, -0.05) is 23.7 Å². The highest BCUT2D eigenvalue weighted by Crippen LogP contribution is 2.47. The van der Waals surface area contributed by atoms with Crippen molar-refractivity contribution in [2.75, 3.05) is 4.90 Å². The molecule has 3 rings (SSSR count). The van der Waals surface area contributed by atoms with Gasteiger partial charge in [-0.25, -0.2) is 4.98 Å². The van der Waals surface area contributed by atoms with E-state index in [2.05, 4.69) is 9.97 Å². The van der Waals surface area contributed by atoms with Crippen molar-refractivity contribution in [2.45, 2.75) is 25.5 Å². The summed E-state index contributed by atoms with van der Waals surface area (Å²) in [6.45, 7) is 1.19. The topological polar surface area (TPSA) is 66.3 Å². The molecule has 0 saturated heterocycles. The van der Waals surface area contributed by atoms with Crippen LogP contribution < -0.4 is 4.90 Å². The van der Waals surface area contributed by atoms with Gasteiger partial charge in [0.15, 0.2) is 0 Å². The molecule has 5 nitrogen and oxygen atoms in total. The third kappa shape index (κ3) is 2.55. The molecule has 0 unspecified atom stereocenters. The summed E-state index contributed by atoms with van der Waals surface area (Å²) in [6, 6.07) is 4.32. The highest BCUT2D eigenvalue weighted by atomic mass is 35.5. The van der Waals surface area contributed by atoms with Crippen molar-refractivity contribution in [3.63, 3.8) is 0 Å². The molecule has 120 valence electrons. The summed E-state index contributed by atoms with van der Waals surface area (Å²) in [7, 11) is 0. The second-order valence-electron chi connectivity index (χ2n) is 5.22. The lowest BCUT2D eigenvalue weighted by Gasteiger charge is -2.17. The molecule has 1 N–H and O–H groups in total. The maximum Gasteiger partial charge on any atom is 0.352 e. The van der Waals surface area contributed by atoms with Gasteiger partial charge in [-0.3, -0.25) is 9.78 Å². The monoisotopic (exact) mass is 339 g/mol. The van der Waals surface area contributed by atoms with Gasteiger partial charge in [0.05, 0.1) is 42.0 Å². The van der Waals surface area contributed by atoms with Crippen LogP contribution in [-0.2, 0) is 17.3 Å². The minimum atomic E-state index is -3.70. The first-order chi connectivity index (χ1) is 10.8. The zero-order chi connectivity index (χ0) is 16.8. The number of benzene rings is 1. The number of alkyl halides is 2. The summed E-state index contributed by atoms with van der Waals surface area (Å²) in [5, 5.41) is 9.83. The van der Waals surface area contributed by atoms with Crippen LogP contribution in [0.15, 0.2) is 30.6 Å². The van der Waals surface area contributed by atoms with Gasteiger partial charge >= 0.3 is 11.8 Å². The summed E-state index contributed by atoms with van der Waals surface area (Å²) in [4.78, 5) is 20.9. The first-order valence-corrected chi connectivity index (χ1v) is 7.18. The van der Waals surface area contributed by atoms with E-state index >= 15 is 0 Å². The number of anilines is 1. The highest BCUT2D eigenvalue weighted by Gasteiger charge is 2.54. The molecule has 2 heterocycles. The molecule has 0 bridgehead atoms. The van der Waals surface area contributed by atoms with Crippen molar-refractivity contribution in [3.05, 3.63) is 52.6 Å². The normalized spacial score (nSPS) is 17.3. The molecule has 1 aliphatic heterocycles. The van der Waals surface area contributed by atoms with Crippen molar-refractivity contribution in [3.8, 4) is 0 Å². The van der Waals surface area contributed by atoms with Crippen molar-refractivity contribution in [2.24, 2.45) is 0 Å². The van der Waals surface area contributed by atoms with Crippen molar-refractivity contribution in [1.29, 1.82) is 0 Å². The molecule has 1 aromatic heterocycles. The van der Waals surface area contributed by atoms with Crippen LogP contribution in [0.1, 0.15) is 29.8 Å². The number of halogens is 3. The third-order valence-corrected chi connectivity index (χ3v) is 3.80. The Hall–Kier alpha value is -2.12. The van der Waals surface area contributed by atoms with Gasteiger partial charge in [0.25, 0.3) is 0 Å². The summed E-state index contributed by atoms with van der Waals surface area (Å²) in [5.41, 5.74) is -0.0901. The maximum absolute atomic E-state index is 14.4. The number of aliphatic hydroxyl groups excluding tert-OH is 1. The summed E-state index contributed by atoms with van der Waals surface area (Å²) in [6.07, 6.45) is 1.55. The number of fused-ring (bicyclic) bond motifs is 1. The average Bonchev–Trinajstić information content (AvgIpc) is 2.68. The van der Waals surface area contributed by atoms with Gasteiger partial charge in [0.2, 0.25) is 0 Å². The van der Waals surface area contributed by atoms with Gasteiger partial charge in [-0.15, -0.1) is 0 Å². The molecular weight excluding hydrogens is 328 g/mol. The number of hydrogen-bond acceptors (Lipinski definition) is 4. The van der Waals surface area contributed by atoms with Gasteiger partial charge in [-0.2, -0.15) is 8.78 Å². The Morgan fingerprint density at radius 3 is 2.78 bits per heavy atom. The van der Waals surface area contributed by atoms with Crippen molar-refractivity contribution >= 4 is 23.2 Å². The molecule has 0 spiro atoms. The molecule has 0 radical (unpaired) electrons. The van der Waals surface area contributed by atoms with E-state index in [9.17, 15) is 18.7 Å². The lowest BCUT2D eigenvalue weighted by Crippen LogP contribution is -2.34. The average molecular weight is 340 g/mol. The molecule has 2 aromatic rings. The molecule has 1 aromatic carbocycles. The standard InChI is InChI=1S/C15H12ClF2N3O2/c1-8(22)10-3-2-4-11-13(10)15(17,18)14(23)21(11)7-9-5-19-6-12(16)20-9/h2-6,8,22H,7H2,1H3/t8-/m0/s1. The third-order valence-electron chi connectivity index (χ3n) is 3.62. The van der Waals surface area contributed by atoms with Crippen LogP contribution >= 0.6 is 11.6 Å². The second kappa shape index (κ2) is 5.50. The zero-order valence-electron chi connectivity index (χ0n) is 12.0. The van der Waals surface area contributed by atoms with Crippen LogP contribution in [0.5, 0.6) is 0 Å². The van der Waals surface area contributed by atoms with E-state index in [0.717, 1.165) is 4.90 Å². The fraction of sp³-hybridized carbons (Fsp3) is 0.267. The number of hydrogen-bond donors (Lipinski definition) is 1. The Kier molecular flexibility index (Phi) is 3.77. The molecule has 0 fully saturated rings. The predicted molar refractivity (Wildman–Crippen MR) is 79.2 cm³/mol. The SMILES string of the molecule is C[C@H](O)c1cccc2c1C(F)(F)C(=O)N2Cc1cncc(Cl)n1. The number of rotatable bonds is 3. The number of nitrogens with zero attached hydrogens (tertiary/aromatic N) is 3. The van der Waals surface area contributed by atoms with Gasteiger partial charge < -0.3 is 10.0 Å². The van der Waals surface area contributed by atoms with E-state index < -0.39 is 23.5 Å². The largest absolute Gasteiger partial charge is 0.389 e. The molecule has 1 aliphatic rings. The first-order valence-electron chi connectivity index (χ1n) is 6.80. The molecule has 8 heteroatoms. The molecule has 1 amide bonds. The number of carbonyl (C=O) groups is 1. The predicted octanol–water partition coefficient (Wildman–Crippen LogP) is 2.82. The van der Waals surface area contributed by atoms with Crippen LogP contribution in [0.3, 0.4) is 0 Å². The van der Waals surface area contributed by atoms with Crippen molar-refractivity contribution in [1.82, 2.24) is 9.97 Å². The molecular formula is C15H12ClF2N3O2. The van der Waals surface area contributed by atoms with E-state index in [1.165, 1.54) is 37.5 Å². The fourth-order valence-electron chi connectivity index (χ4n) is 2.63. The minimum Gasteiger partial charge on any atom is -0.389 e. The molecule has 0 saturated carbocycles. The van der Waals surface area contributed by atoms with Crippen LogP contribution in [0.2, 0.25) is 5.15 Å². The molecule has 23 heavy (non-hydrogen) atoms. The number of aliphatic hydroxyl groups is 1. The number of aromatic nitrogens is 2. The van der Waals surface area contributed by atoms with Crippen molar-refractivity contribution < 1.29 is 18.7 Å². The quantitative estimate of drug-likeness (QED) is 0.933. The van der Waals surface area contributed by atoms with E-state index in [0.29, 0.717) is 0 Å². The Labute approximate surface area is 135 Å². The summed E-state index contributed by atoms with van der Waals surface area (Å²) < 4.78 is 28.8. The number of carbonyl (C=O) groups excluding carboxylic acids is 1. The van der Waals surface area contributed by atoms with E-state index in [1.54, 1.807) is 0 Å². The van der Waals surface area contributed by atoms with E-state index in [1.807, 2.05) is 0 Å². The minimum absolute atomic E-state index is 0.0283. The Bertz CT molecular complexity index is 783. The smallest absolute Gasteiger partial charge is 0.352 e. The van der Waals surface area contributed by atoms with E-state index in [-0.39, 0.29) is 28.6 Å². The summed E-state index contributed by atoms with van der Waals surface area (Å²) in [5.74, 6) is -5.06.